The van der Waals surface area contributed by atoms with Gasteiger partial charge in [0.2, 0.25) is 0 Å². The Kier molecular flexibility index (Phi) is 5.57. The van der Waals surface area contributed by atoms with Crippen LogP contribution in [-0.4, -0.2) is 17.1 Å². The molecular formula is C18H13F6PSe. The summed E-state index contributed by atoms with van der Waals surface area (Å²) in [5, 5.41) is -2.63. The Morgan fingerprint density at radius 3 is 1.42 bits per heavy atom. The first-order valence-corrected chi connectivity index (χ1v) is 9.18. The van der Waals surface area contributed by atoms with Gasteiger partial charge in [0.05, 0.1) is 0 Å². The summed E-state index contributed by atoms with van der Waals surface area (Å²) >= 11 is 0. The van der Waals surface area contributed by atoms with E-state index in [0.29, 0.717) is 0 Å². The molecule has 3 aromatic carbocycles. The maximum absolute atomic E-state index is 16.2. The number of hydrogen-bond acceptors (Lipinski definition) is 0. The molecule has 0 N–H and O–H groups in total. The van der Waals surface area contributed by atoms with Crippen molar-refractivity contribution in [3.63, 3.8) is 0 Å². The zero-order valence-corrected chi connectivity index (χ0v) is 16.1. The molecule has 0 spiro atoms. The van der Waals surface area contributed by atoms with Gasteiger partial charge < -0.3 is 0 Å². The topological polar surface area (TPSA) is 0 Å². The normalized spacial score (nSPS) is 12.8. The van der Waals surface area contributed by atoms with Crippen molar-refractivity contribution in [2.75, 3.05) is 0 Å². The van der Waals surface area contributed by atoms with E-state index in [9.17, 15) is 17.6 Å². The second kappa shape index (κ2) is 7.07. The van der Waals surface area contributed by atoms with Gasteiger partial charge in [0.25, 0.3) is 0 Å². The van der Waals surface area contributed by atoms with Crippen molar-refractivity contribution in [1.29, 1.82) is 0 Å². The minimum absolute atomic E-state index is 0. The van der Waals surface area contributed by atoms with E-state index in [1.54, 1.807) is 0 Å². The summed E-state index contributed by atoms with van der Waals surface area (Å²) in [5.41, 5.74) is 0. The standard InChI is InChI=1S/C18H11F6P.H2Se/c19-14-11-15(17(21)18(22)16(14)20)25(23,24,12-7-3-1-4-8-12)13-9-5-2-6-10-13;/h1-11H;1H2. The Morgan fingerprint density at radius 2 is 1.00 bits per heavy atom. The van der Waals surface area contributed by atoms with Crippen LogP contribution in [0.15, 0.2) is 66.7 Å². The van der Waals surface area contributed by atoms with Gasteiger partial charge in [-0.3, -0.25) is 0 Å². The van der Waals surface area contributed by atoms with E-state index in [2.05, 4.69) is 0 Å². The van der Waals surface area contributed by atoms with Crippen LogP contribution in [0.2, 0.25) is 0 Å². The van der Waals surface area contributed by atoms with Crippen LogP contribution in [0.25, 0.3) is 0 Å². The molecule has 0 bridgehead atoms. The Labute approximate surface area is 156 Å². The van der Waals surface area contributed by atoms with Crippen molar-refractivity contribution in [3.8, 4) is 0 Å². The van der Waals surface area contributed by atoms with Crippen LogP contribution < -0.4 is 15.9 Å². The van der Waals surface area contributed by atoms with Crippen LogP contribution in [0.3, 0.4) is 0 Å². The zero-order chi connectivity index (χ0) is 18.3. The van der Waals surface area contributed by atoms with E-state index in [4.69, 9.17) is 0 Å². The predicted molar refractivity (Wildman–Crippen MR) is 95.7 cm³/mol. The van der Waals surface area contributed by atoms with Gasteiger partial charge in [-0.2, -0.15) is 0 Å². The first kappa shape index (κ1) is 20.5. The SMILES string of the molecule is Fc1cc(P(F)(F)(c2ccccc2)c2ccccc2)c(F)c(F)c1F.[SeH2]. The number of benzene rings is 3. The fourth-order valence-corrected chi connectivity index (χ4v) is 5.68. The van der Waals surface area contributed by atoms with Gasteiger partial charge in [0, 0.05) is 0 Å². The molecule has 0 aliphatic carbocycles. The van der Waals surface area contributed by atoms with Gasteiger partial charge in [0.15, 0.2) is 0 Å². The van der Waals surface area contributed by atoms with E-state index in [-0.39, 0.29) is 23.1 Å². The molecule has 3 rings (SSSR count). The number of halogens is 6. The van der Waals surface area contributed by atoms with Gasteiger partial charge in [-0.05, 0) is 0 Å². The van der Waals surface area contributed by atoms with Crippen LogP contribution in [0.4, 0.5) is 26.0 Å². The van der Waals surface area contributed by atoms with E-state index in [0.717, 1.165) is 24.3 Å². The fourth-order valence-electron chi connectivity index (χ4n) is 2.65. The molecule has 0 amide bonds. The molecule has 0 aliphatic rings. The molecule has 0 radical (unpaired) electrons. The average molecular weight is 453 g/mol. The molecule has 0 atom stereocenters. The third kappa shape index (κ3) is 2.94. The van der Waals surface area contributed by atoms with Crippen LogP contribution in [0, 0.1) is 23.3 Å². The van der Waals surface area contributed by atoms with Crippen molar-refractivity contribution in [1.82, 2.24) is 0 Å². The van der Waals surface area contributed by atoms with Gasteiger partial charge in [0.1, 0.15) is 0 Å². The molecule has 0 nitrogen and oxygen atoms in total. The van der Waals surface area contributed by atoms with Crippen molar-refractivity contribution in [2.24, 2.45) is 0 Å². The van der Waals surface area contributed by atoms with Crippen LogP contribution >= 0.6 is 7.22 Å². The Bertz CT molecular complexity index is 888. The number of hydrogen-bond donors (Lipinski definition) is 0. The maximum atomic E-state index is 16.2. The molecule has 138 valence electrons. The van der Waals surface area contributed by atoms with E-state index < -0.39 is 46.4 Å². The molecule has 0 aromatic heterocycles. The quantitative estimate of drug-likeness (QED) is 0.186. The van der Waals surface area contributed by atoms with Gasteiger partial charge in [-0.15, -0.1) is 0 Å². The van der Waals surface area contributed by atoms with Crippen LogP contribution in [0.1, 0.15) is 0 Å². The third-order valence-corrected chi connectivity index (χ3v) is 7.51. The predicted octanol–water partition coefficient (Wildman–Crippen LogP) is 3.93. The summed E-state index contributed by atoms with van der Waals surface area (Å²) in [7, 11) is -6.54. The van der Waals surface area contributed by atoms with Crippen molar-refractivity contribution in [3.05, 3.63) is 90.0 Å². The van der Waals surface area contributed by atoms with Crippen molar-refractivity contribution in [2.45, 2.75) is 0 Å². The van der Waals surface area contributed by atoms with Crippen LogP contribution in [-0.2, 0) is 0 Å². The first-order valence-electron chi connectivity index (χ1n) is 7.16. The summed E-state index contributed by atoms with van der Waals surface area (Å²) in [6.07, 6.45) is 0. The average Bonchev–Trinajstić information content (AvgIpc) is 2.64. The third-order valence-electron chi connectivity index (χ3n) is 3.93. The summed E-state index contributed by atoms with van der Waals surface area (Å²) in [6, 6.07) is 12.5. The van der Waals surface area contributed by atoms with E-state index in [1.165, 1.54) is 36.4 Å². The Morgan fingerprint density at radius 1 is 0.577 bits per heavy atom. The number of rotatable bonds is 3. The van der Waals surface area contributed by atoms with Gasteiger partial charge in [-0.25, -0.2) is 0 Å². The first-order chi connectivity index (χ1) is 11.8. The molecule has 3 aromatic rings. The van der Waals surface area contributed by atoms with Crippen LogP contribution in [0.5, 0.6) is 0 Å². The minimum atomic E-state index is -6.54. The Hall–Kier alpha value is -1.81. The summed E-state index contributed by atoms with van der Waals surface area (Å²) in [6.45, 7) is 0. The molecule has 0 saturated heterocycles. The zero-order valence-electron chi connectivity index (χ0n) is 13.1. The summed E-state index contributed by atoms with van der Waals surface area (Å²) in [4.78, 5) is 0. The van der Waals surface area contributed by atoms with Gasteiger partial charge in [-0.1, -0.05) is 0 Å². The molecule has 26 heavy (non-hydrogen) atoms. The Balaban J connectivity index is 0.00000243. The van der Waals surface area contributed by atoms with E-state index in [1.807, 2.05) is 0 Å². The summed E-state index contributed by atoms with van der Waals surface area (Å²) in [5.74, 6) is -8.34. The second-order valence-electron chi connectivity index (χ2n) is 5.40. The molecule has 0 heterocycles. The van der Waals surface area contributed by atoms with E-state index >= 15 is 8.39 Å². The molecular weight excluding hydrogens is 440 g/mol. The summed E-state index contributed by atoms with van der Waals surface area (Å²) < 4.78 is 87.3. The van der Waals surface area contributed by atoms with Gasteiger partial charge >= 0.3 is 156 Å². The molecule has 0 unspecified atom stereocenters. The van der Waals surface area contributed by atoms with Crippen molar-refractivity contribution >= 4 is 40.2 Å². The fraction of sp³-hybridized carbons (Fsp3) is 0. The second-order valence-corrected chi connectivity index (χ2v) is 8.72. The van der Waals surface area contributed by atoms with Crippen molar-refractivity contribution < 1.29 is 26.0 Å². The molecule has 8 heteroatoms. The molecule has 0 saturated carbocycles. The molecule has 0 aliphatic heterocycles. The molecule has 0 fully saturated rings. The monoisotopic (exact) mass is 454 g/mol.